The predicted octanol–water partition coefficient (Wildman–Crippen LogP) is 2.41. The second-order valence-corrected chi connectivity index (χ2v) is 5.75. The molecule has 0 N–H and O–H groups in total. The van der Waals surface area contributed by atoms with Gasteiger partial charge in [0.05, 0.1) is 0 Å². The van der Waals surface area contributed by atoms with Gasteiger partial charge in [-0.1, -0.05) is 18.2 Å². The molecular formula is C12H16FNO2S. The zero-order valence-corrected chi connectivity index (χ0v) is 10.7. The van der Waals surface area contributed by atoms with Gasteiger partial charge in [0, 0.05) is 12.6 Å². The van der Waals surface area contributed by atoms with Crippen LogP contribution in [0.25, 0.3) is 0 Å². The highest BCUT2D eigenvalue weighted by Gasteiger charge is 2.28. The van der Waals surface area contributed by atoms with E-state index in [-0.39, 0.29) is 17.5 Å². The molecule has 0 aromatic heterocycles. The van der Waals surface area contributed by atoms with E-state index in [9.17, 15) is 12.8 Å². The lowest BCUT2D eigenvalue weighted by atomic mass is 10.3. The molecule has 94 valence electrons. The number of nitrogens with zero attached hydrogens (tertiary/aromatic N) is 1. The minimum absolute atomic E-state index is 0.161. The van der Waals surface area contributed by atoms with E-state index in [1.165, 1.54) is 28.6 Å². The molecule has 0 atom stereocenters. The fourth-order valence-electron chi connectivity index (χ4n) is 1.49. The molecule has 3 nitrogen and oxygen atoms in total. The third-order valence-corrected chi connectivity index (χ3v) is 4.38. The van der Waals surface area contributed by atoms with Gasteiger partial charge in [-0.05, 0) is 26.0 Å². The number of halogens is 1. The highest BCUT2D eigenvalue weighted by molar-refractivity contribution is 7.89. The van der Waals surface area contributed by atoms with Crippen LogP contribution in [0.2, 0.25) is 0 Å². The average Bonchev–Trinajstić information content (AvgIpc) is 2.25. The lowest BCUT2D eigenvalue weighted by Crippen LogP contribution is -2.37. The molecule has 1 aromatic carbocycles. The Bertz CT molecular complexity index is 497. The van der Waals surface area contributed by atoms with Crippen LogP contribution in [-0.4, -0.2) is 25.3 Å². The Hall–Kier alpha value is -1.20. The summed E-state index contributed by atoms with van der Waals surface area (Å²) in [6, 6.07) is 5.12. The maximum Gasteiger partial charge on any atom is 0.246 e. The van der Waals surface area contributed by atoms with Gasteiger partial charge in [-0.2, -0.15) is 4.31 Å². The molecule has 0 unspecified atom stereocenters. The average molecular weight is 257 g/mol. The summed E-state index contributed by atoms with van der Waals surface area (Å²) in [6.07, 6.45) is 1.48. The van der Waals surface area contributed by atoms with E-state index in [1.54, 1.807) is 13.8 Å². The zero-order valence-electron chi connectivity index (χ0n) is 9.93. The molecule has 1 aromatic rings. The quantitative estimate of drug-likeness (QED) is 0.760. The predicted molar refractivity (Wildman–Crippen MR) is 65.6 cm³/mol. The molecule has 0 aliphatic carbocycles. The molecule has 0 radical (unpaired) electrons. The zero-order chi connectivity index (χ0) is 13.1. The largest absolute Gasteiger partial charge is 0.246 e. The topological polar surface area (TPSA) is 37.4 Å². The van der Waals surface area contributed by atoms with E-state index in [0.717, 1.165) is 6.07 Å². The fourth-order valence-corrected chi connectivity index (χ4v) is 3.17. The third-order valence-electron chi connectivity index (χ3n) is 2.31. The van der Waals surface area contributed by atoms with Crippen molar-refractivity contribution >= 4 is 10.0 Å². The van der Waals surface area contributed by atoms with Crippen LogP contribution in [0.1, 0.15) is 13.8 Å². The summed E-state index contributed by atoms with van der Waals surface area (Å²) in [5, 5.41) is 0. The molecule has 0 saturated heterocycles. The van der Waals surface area contributed by atoms with Crippen LogP contribution in [0.4, 0.5) is 4.39 Å². The molecule has 0 amide bonds. The van der Waals surface area contributed by atoms with Gasteiger partial charge in [-0.3, -0.25) is 0 Å². The first-order valence-electron chi connectivity index (χ1n) is 5.28. The van der Waals surface area contributed by atoms with Gasteiger partial charge in [0.2, 0.25) is 10.0 Å². The van der Waals surface area contributed by atoms with Crippen molar-refractivity contribution in [1.82, 2.24) is 4.31 Å². The van der Waals surface area contributed by atoms with Gasteiger partial charge in [-0.25, -0.2) is 12.8 Å². The smallest absolute Gasteiger partial charge is 0.207 e. The molecule has 0 bridgehead atoms. The maximum absolute atomic E-state index is 13.5. The normalized spacial score (nSPS) is 12.1. The van der Waals surface area contributed by atoms with Crippen molar-refractivity contribution in [3.8, 4) is 0 Å². The first kappa shape index (κ1) is 13.9. The SMILES string of the molecule is C=CCN(C(C)C)S(=O)(=O)c1ccccc1F. The first-order chi connectivity index (χ1) is 7.91. The van der Waals surface area contributed by atoms with E-state index in [4.69, 9.17) is 0 Å². The summed E-state index contributed by atoms with van der Waals surface area (Å²) in [6.45, 7) is 7.15. The van der Waals surface area contributed by atoms with E-state index in [0.29, 0.717) is 0 Å². The Morgan fingerprint density at radius 2 is 2.00 bits per heavy atom. The molecule has 1 rings (SSSR count). The molecule has 5 heteroatoms. The Kier molecular flexibility index (Phi) is 4.42. The second kappa shape index (κ2) is 5.42. The van der Waals surface area contributed by atoms with E-state index in [2.05, 4.69) is 6.58 Å². The van der Waals surface area contributed by atoms with Crippen LogP contribution in [0.15, 0.2) is 41.8 Å². The van der Waals surface area contributed by atoms with Crippen molar-refractivity contribution in [2.75, 3.05) is 6.54 Å². The van der Waals surface area contributed by atoms with Crippen LogP contribution in [0.5, 0.6) is 0 Å². The molecule has 0 saturated carbocycles. The lowest BCUT2D eigenvalue weighted by Gasteiger charge is -2.24. The molecular weight excluding hydrogens is 241 g/mol. The Morgan fingerprint density at radius 1 is 1.41 bits per heavy atom. The highest BCUT2D eigenvalue weighted by Crippen LogP contribution is 2.20. The molecule has 0 aliphatic heterocycles. The van der Waals surface area contributed by atoms with Crippen LogP contribution in [0.3, 0.4) is 0 Å². The second-order valence-electron chi connectivity index (χ2n) is 3.89. The van der Waals surface area contributed by atoms with Gasteiger partial charge < -0.3 is 0 Å². The van der Waals surface area contributed by atoms with E-state index >= 15 is 0 Å². The molecule has 0 aliphatic rings. The number of hydrogen-bond donors (Lipinski definition) is 0. The number of hydrogen-bond acceptors (Lipinski definition) is 2. The summed E-state index contributed by atoms with van der Waals surface area (Å²) < 4.78 is 39.2. The third kappa shape index (κ3) is 2.92. The standard InChI is InChI=1S/C12H16FNO2S/c1-4-9-14(10(2)3)17(15,16)12-8-6-5-7-11(12)13/h4-8,10H,1,9H2,2-3H3. The van der Waals surface area contributed by atoms with Crippen molar-refractivity contribution in [3.63, 3.8) is 0 Å². The van der Waals surface area contributed by atoms with Crippen LogP contribution >= 0.6 is 0 Å². The van der Waals surface area contributed by atoms with Crippen molar-refractivity contribution in [2.45, 2.75) is 24.8 Å². The van der Waals surface area contributed by atoms with Crippen LogP contribution in [-0.2, 0) is 10.0 Å². The molecule has 0 spiro atoms. The van der Waals surface area contributed by atoms with Crippen molar-refractivity contribution < 1.29 is 12.8 Å². The number of rotatable bonds is 5. The summed E-state index contributed by atoms with van der Waals surface area (Å²) in [4.78, 5) is -0.296. The monoisotopic (exact) mass is 257 g/mol. The van der Waals surface area contributed by atoms with Gasteiger partial charge in [0.1, 0.15) is 10.7 Å². The minimum Gasteiger partial charge on any atom is -0.207 e. The Labute approximate surface area is 102 Å². The fraction of sp³-hybridized carbons (Fsp3) is 0.333. The van der Waals surface area contributed by atoms with Crippen LogP contribution < -0.4 is 0 Å². The van der Waals surface area contributed by atoms with Gasteiger partial charge >= 0.3 is 0 Å². The molecule has 17 heavy (non-hydrogen) atoms. The van der Waals surface area contributed by atoms with E-state index < -0.39 is 15.8 Å². The van der Waals surface area contributed by atoms with Crippen molar-refractivity contribution in [2.24, 2.45) is 0 Å². The molecule has 0 fully saturated rings. The summed E-state index contributed by atoms with van der Waals surface area (Å²) in [5.74, 6) is -0.734. The first-order valence-corrected chi connectivity index (χ1v) is 6.72. The summed E-state index contributed by atoms with van der Waals surface area (Å²) >= 11 is 0. The summed E-state index contributed by atoms with van der Waals surface area (Å²) in [7, 11) is -3.81. The minimum atomic E-state index is -3.81. The maximum atomic E-state index is 13.5. The lowest BCUT2D eigenvalue weighted by molar-refractivity contribution is 0.380. The van der Waals surface area contributed by atoms with Crippen molar-refractivity contribution in [1.29, 1.82) is 0 Å². The van der Waals surface area contributed by atoms with Gasteiger partial charge in [0.25, 0.3) is 0 Å². The summed E-state index contributed by atoms with van der Waals surface area (Å²) in [5.41, 5.74) is 0. The Morgan fingerprint density at radius 3 is 2.47 bits per heavy atom. The van der Waals surface area contributed by atoms with Gasteiger partial charge in [0.15, 0.2) is 0 Å². The number of benzene rings is 1. The number of sulfonamides is 1. The van der Waals surface area contributed by atoms with Crippen molar-refractivity contribution in [3.05, 3.63) is 42.7 Å². The Balaban J connectivity index is 3.26. The van der Waals surface area contributed by atoms with E-state index in [1.807, 2.05) is 0 Å². The molecule has 0 heterocycles. The van der Waals surface area contributed by atoms with Crippen LogP contribution in [0, 0.1) is 5.82 Å². The highest BCUT2D eigenvalue weighted by atomic mass is 32.2. The van der Waals surface area contributed by atoms with Gasteiger partial charge in [-0.15, -0.1) is 6.58 Å².